The fourth-order valence-electron chi connectivity index (χ4n) is 2.60. The highest BCUT2D eigenvalue weighted by Gasteiger charge is 2.28. The van der Waals surface area contributed by atoms with Crippen LogP contribution in [0.5, 0.6) is 0 Å². The highest BCUT2D eigenvalue weighted by molar-refractivity contribution is 8.01. The summed E-state index contributed by atoms with van der Waals surface area (Å²) in [6, 6.07) is 12.2. The minimum Gasteiger partial charge on any atom is -0.480 e. The number of fused-ring (bicyclic) bond motifs is 1. The van der Waals surface area contributed by atoms with Crippen molar-refractivity contribution >= 4 is 28.6 Å². The summed E-state index contributed by atoms with van der Waals surface area (Å²) >= 11 is 1.35. The Hall–Kier alpha value is -2.27. The van der Waals surface area contributed by atoms with Crippen LogP contribution in [0.2, 0.25) is 0 Å². The second-order valence-electron chi connectivity index (χ2n) is 6.98. The summed E-state index contributed by atoms with van der Waals surface area (Å²) in [5, 5.41) is 10.4. The molecule has 0 bridgehead atoms. The zero-order valence-corrected chi connectivity index (χ0v) is 15.6. The SMILES string of the molecule is CC(C)c1ccnc(-c2cc3cc(SC(C)(C)C(=O)O)ccc3[nH]2)c1. The molecule has 0 unspecified atom stereocenters. The molecule has 4 nitrogen and oxygen atoms in total. The lowest BCUT2D eigenvalue weighted by atomic mass is 10.0. The van der Waals surface area contributed by atoms with Crippen molar-refractivity contribution in [1.82, 2.24) is 9.97 Å². The number of rotatable bonds is 5. The standard InChI is InChI=1S/C20H22N2O2S/c1-12(2)13-7-8-21-17(10-13)18-11-14-9-15(5-6-16(14)22-18)25-20(3,4)19(23)24/h5-12,22H,1-4H3,(H,23,24). The number of carboxylic acids is 1. The molecule has 3 aromatic rings. The van der Waals surface area contributed by atoms with Crippen molar-refractivity contribution < 1.29 is 9.90 Å². The van der Waals surface area contributed by atoms with Gasteiger partial charge in [0.15, 0.2) is 0 Å². The molecule has 3 rings (SSSR count). The molecule has 0 aliphatic carbocycles. The van der Waals surface area contributed by atoms with E-state index < -0.39 is 10.7 Å². The fourth-order valence-corrected chi connectivity index (χ4v) is 3.60. The minimum atomic E-state index is -0.861. The van der Waals surface area contributed by atoms with Crippen molar-refractivity contribution in [3.63, 3.8) is 0 Å². The Bertz CT molecular complexity index is 928. The molecule has 0 fully saturated rings. The molecule has 25 heavy (non-hydrogen) atoms. The van der Waals surface area contributed by atoms with Gasteiger partial charge in [-0.3, -0.25) is 9.78 Å². The fraction of sp³-hybridized carbons (Fsp3) is 0.300. The van der Waals surface area contributed by atoms with Crippen LogP contribution in [0.3, 0.4) is 0 Å². The topological polar surface area (TPSA) is 66.0 Å². The maximum atomic E-state index is 11.3. The highest BCUT2D eigenvalue weighted by atomic mass is 32.2. The Morgan fingerprint density at radius 2 is 1.96 bits per heavy atom. The number of nitrogens with zero attached hydrogens (tertiary/aromatic N) is 1. The van der Waals surface area contributed by atoms with E-state index in [1.165, 1.54) is 17.3 Å². The number of aromatic nitrogens is 2. The average Bonchev–Trinajstić information content (AvgIpc) is 2.97. The highest BCUT2D eigenvalue weighted by Crippen LogP contribution is 2.35. The molecule has 0 aliphatic rings. The predicted molar refractivity (Wildman–Crippen MR) is 103 cm³/mol. The first-order chi connectivity index (χ1) is 11.8. The molecule has 0 atom stereocenters. The van der Waals surface area contributed by atoms with Crippen LogP contribution in [0.25, 0.3) is 22.3 Å². The molecule has 130 valence electrons. The van der Waals surface area contributed by atoms with E-state index in [2.05, 4.69) is 35.9 Å². The normalized spacial score (nSPS) is 12.0. The molecular formula is C20H22N2O2S. The second-order valence-corrected chi connectivity index (χ2v) is 8.67. The van der Waals surface area contributed by atoms with Crippen molar-refractivity contribution in [1.29, 1.82) is 0 Å². The Kier molecular flexibility index (Phi) is 4.60. The first-order valence-electron chi connectivity index (χ1n) is 8.28. The third-order valence-electron chi connectivity index (χ3n) is 4.21. The summed E-state index contributed by atoms with van der Waals surface area (Å²) in [7, 11) is 0. The molecule has 0 saturated heterocycles. The summed E-state index contributed by atoms with van der Waals surface area (Å²) in [4.78, 5) is 20.1. The lowest BCUT2D eigenvalue weighted by Crippen LogP contribution is -2.26. The number of carbonyl (C=O) groups is 1. The first kappa shape index (κ1) is 17.5. The van der Waals surface area contributed by atoms with Crippen LogP contribution in [-0.2, 0) is 4.79 Å². The summed E-state index contributed by atoms with van der Waals surface area (Å²) < 4.78 is -0.861. The molecular weight excluding hydrogens is 332 g/mol. The van der Waals surface area contributed by atoms with E-state index in [-0.39, 0.29) is 0 Å². The third-order valence-corrected chi connectivity index (χ3v) is 5.38. The Morgan fingerprint density at radius 1 is 1.20 bits per heavy atom. The van der Waals surface area contributed by atoms with E-state index in [1.54, 1.807) is 13.8 Å². The number of aliphatic carboxylic acids is 1. The summed E-state index contributed by atoms with van der Waals surface area (Å²) in [6.45, 7) is 7.76. The van der Waals surface area contributed by atoms with Crippen LogP contribution in [0.4, 0.5) is 0 Å². The van der Waals surface area contributed by atoms with Gasteiger partial charge in [0.1, 0.15) is 4.75 Å². The number of thioether (sulfide) groups is 1. The number of aromatic amines is 1. The molecule has 0 saturated carbocycles. The molecule has 1 aromatic carbocycles. The van der Waals surface area contributed by atoms with Crippen LogP contribution in [-0.4, -0.2) is 25.8 Å². The smallest absolute Gasteiger partial charge is 0.319 e. The quantitative estimate of drug-likeness (QED) is 0.610. The number of H-pyrrole nitrogens is 1. The Balaban J connectivity index is 1.95. The van der Waals surface area contributed by atoms with Gasteiger partial charge in [-0.1, -0.05) is 13.8 Å². The van der Waals surface area contributed by atoms with Gasteiger partial charge in [-0.05, 0) is 61.7 Å². The van der Waals surface area contributed by atoms with E-state index in [4.69, 9.17) is 0 Å². The number of hydrogen-bond donors (Lipinski definition) is 2. The Morgan fingerprint density at radius 3 is 2.64 bits per heavy atom. The van der Waals surface area contributed by atoms with Crippen LogP contribution in [0, 0.1) is 0 Å². The number of carboxylic acid groups (broad SMARTS) is 1. The van der Waals surface area contributed by atoms with Crippen molar-refractivity contribution in [3.8, 4) is 11.4 Å². The van der Waals surface area contributed by atoms with E-state index in [9.17, 15) is 9.90 Å². The van der Waals surface area contributed by atoms with Gasteiger partial charge in [0.05, 0.1) is 11.4 Å². The summed E-state index contributed by atoms with van der Waals surface area (Å²) in [5.74, 6) is -0.366. The maximum absolute atomic E-state index is 11.3. The first-order valence-corrected chi connectivity index (χ1v) is 9.09. The number of nitrogens with one attached hydrogen (secondary N) is 1. The number of benzene rings is 1. The monoisotopic (exact) mass is 354 g/mol. The molecule has 2 aromatic heterocycles. The average molecular weight is 354 g/mol. The molecule has 0 spiro atoms. The molecule has 0 aliphatic heterocycles. The molecule has 0 amide bonds. The zero-order valence-electron chi connectivity index (χ0n) is 14.8. The van der Waals surface area contributed by atoms with Crippen LogP contribution in [0.15, 0.2) is 47.5 Å². The zero-order chi connectivity index (χ0) is 18.2. The van der Waals surface area contributed by atoms with Gasteiger partial charge in [0.2, 0.25) is 0 Å². The second kappa shape index (κ2) is 6.56. The number of pyridine rings is 1. The van der Waals surface area contributed by atoms with E-state index in [0.29, 0.717) is 5.92 Å². The third kappa shape index (κ3) is 3.71. The van der Waals surface area contributed by atoms with Crippen molar-refractivity contribution in [3.05, 3.63) is 48.2 Å². The number of hydrogen-bond acceptors (Lipinski definition) is 3. The van der Waals surface area contributed by atoms with E-state index >= 15 is 0 Å². The lowest BCUT2D eigenvalue weighted by Gasteiger charge is -2.18. The summed E-state index contributed by atoms with van der Waals surface area (Å²) in [5.41, 5.74) is 4.16. The van der Waals surface area contributed by atoms with Gasteiger partial charge in [-0.25, -0.2) is 0 Å². The van der Waals surface area contributed by atoms with Crippen LogP contribution in [0.1, 0.15) is 39.2 Å². The van der Waals surface area contributed by atoms with E-state index in [1.807, 2.05) is 30.5 Å². The maximum Gasteiger partial charge on any atom is 0.319 e. The van der Waals surface area contributed by atoms with Gasteiger partial charge < -0.3 is 10.1 Å². The molecule has 2 N–H and O–H groups in total. The van der Waals surface area contributed by atoms with Gasteiger partial charge in [0.25, 0.3) is 0 Å². The van der Waals surface area contributed by atoms with Gasteiger partial charge in [0, 0.05) is 22.0 Å². The van der Waals surface area contributed by atoms with Gasteiger partial charge >= 0.3 is 5.97 Å². The predicted octanol–water partition coefficient (Wildman–Crippen LogP) is 5.31. The minimum absolute atomic E-state index is 0.451. The van der Waals surface area contributed by atoms with Crippen molar-refractivity contribution in [2.75, 3.05) is 0 Å². The van der Waals surface area contributed by atoms with Gasteiger partial charge in [-0.2, -0.15) is 0 Å². The summed E-state index contributed by atoms with van der Waals surface area (Å²) in [6.07, 6.45) is 1.84. The molecule has 0 radical (unpaired) electrons. The van der Waals surface area contributed by atoms with Crippen molar-refractivity contribution in [2.24, 2.45) is 0 Å². The van der Waals surface area contributed by atoms with Crippen LogP contribution < -0.4 is 0 Å². The van der Waals surface area contributed by atoms with E-state index in [0.717, 1.165) is 27.2 Å². The molecule has 2 heterocycles. The van der Waals surface area contributed by atoms with Gasteiger partial charge in [-0.15, -0.1) is 11.8 Å². The Labute approximate surface area is 151 Å². The largest absolute Gasteiger partial charge is 0.480 e. The van der Waals surface area contributed by atoms with Crippen molar-refractivity contribution in [2.45, 2.75) is 43.3 Å². The van der Waals surface area contributed by atoms with Crippen LogP contribution >= 0.6 is 11.8 Å². The lowest BCUT2D eigenvalue weighted by molar-refractivity contribution is -0.138. The molecule has 5 heteroatoms.